The summed E-state index contributed by atoms with van der Waals surface area (Å²) in [5, 5.41) is 15.4. The summed E-state index contributed by atoms with van der Waals surface area (Å²) in [5.41, 5.74) is 0.926. The van der Waals surface area contributed by atoms with E-state index in [0.717, 1.165) is 16.3 Å². The first-order chi connectivity index (χ1) is 10.3. The van der Waals surface area contributed by atoms with E-state index >= 15 is 0 Å². The monoisotopic (exact) mass is 336 g/mol. The Labute approximate surface area is 133 Å². The highest BCUT2D eigenvalue weighted by Crippen LogP contribution is 2.25. The van der Waals surface area contributed by atoms with Crippen molar-refractivity contribution in [1.29, 1.82) is 5.26 Å². The standard InChI is InChI=1S/C14H16N4O2S2/c1-3-14-17-8-11(21-14)9-18(2)13-5-4-12(22(16,19)20)6-10(13)7-15/h4-6,8H,3,9H2,1-2H3,(H2,16,19,20). The lowest BCUT2D eigenvalue weighted by atomic mass is 10.2. The number of thiazole rings is 1. The molecule has 8 heteroatoms. The summed E-state index contributed by atoms with van der Waals surface area (Å²) in [6, 6.07) is 6.32. The van der Waals surface area contributed by atoms with Crippen molar-refractivity contribution in [2.75, 3.05) is 11.9 Å². The molecule has 0 unspecified atom stereocenters. The number of nitrogens with zero attached hydrogens (tertiary/aromatic N) is 3. The predicted octanol–water partition coefficient (Wildman–Crippen LogP) is 1.86. The molecule has 6 nitrogen and oxygen atoms in total. The Balaban J connectivity index is 2.29. The van der Waals surface area contributed by atoms with E-state index in [1.165, 1.54) is 12.1 Å². The number of anilines is 1. The molecule has 0 amide bonds. The predicted molar refractivity (Wildman–Crippen MR) is 86.1 cm³/mol. The van der Waals surface area contributed by atoms with E-state index in [4.69, 9.17) is 5.14 Å². The molecular weight excluding hydrogens is 320 g/mol. The third kappa shape index (κ3) is 3.62. The third-order valence-electron chi connectivity index (χ3n) is 3.13. The molecule has 1 aromatic carbocycles. The van der Waals surface area contributed by atoms with E-state index in [2.05, 4.69) is 4.98 Å². The number of sulfonamides is 1. The molecule has 2 aromatic rings. The van der Waals surface area contributed by atoms with Crippen LogP contribution in [0.1, 0.15) is 22.4 Å². The van der Waals surface area contributed by atoms with Gasteiger partial charge < -0.3 is 4.90 Å². The molecule has 1 heterocycles. The Hall–Kier alpha value is -1.95. The highest BCUT2D eigenvalue weighted by molar-refractivity contribution is 7.89. The van der Waals surface area contributed by atoms with Crippen LogP contribution in [0.5, 0.6) is 0 Å². The molecule has 1 aromatic heterocycles. The van der Waals surface area contributed by atoms with Crippen LogP contribution >= 0.6 is 11.3 Å². The maximum atomic E-state index is 11.4. The second kappa shape index (κ2) is 6.44. The molecule has 0 aliphatic carbocycles. The van der Waals surface area contributed by atoms with Crippen molar-refractivity contribution in [2.45, 2.75) is 24.8 Å². The molecule has 0 fully saturated rings. The lowest BCUT2D eigenvalue weighted by Crippen LogP contribution is -2.18. The number of nitrogens with two attached hydrogens (primary N) is 1. The lowest BCUT2D eigenvalue weighted by Gasteiger charge is -2.19. The third-order valence-corrected chi connectivity index (χ3v) is 5.16. The van der Waals surface area contributed by atoms with E-state index < -0.39 is 10.0 Å². The van der Waals surface area contributed by atoms with Gasteiger partial charge in [0.25, 0.3) is 0 Å². The van der Waals surface area contributed by atoms with Gasteiger partial charge >= 0.3 is 0 Å². The second-order valence-corrected chi connectivity index (χ2v) is 7.53. The van der Waals surface area contributed by atoms with Crippen LogP contribution < -0.4 is 10.0 Å². The number of hydrogen-bond acceptors (Lipinski definition) is 6. The number of aryl methyl sites for hydroxylation is 1. The van der Waals surface area contributed by atoms with Gasteiger partial charge in [-0.05, 0) is 24.6 Å². The Morgan fingerprint density at radius 2 is 2.18 bits per heavy atom. The minimum absolute atomic E-state index is 0.0627. The van der Waals surface area contributed by atoms with Gasteiger partial charge in [0.1, 0.15) is 6.07 Å². The molecule has 116 valence electrons. The minimum Gasteiger partial charge on any atom is -0.368 e. The van der Waals surface area contributed by atoms with Crippen molar-refractivity contribution in [3.63, 3.8) is 0 Å². The first kappa shape index (κ1) is 16.4. The zero-order valence-corrected chi connectivity index (χ0v) is 13.9. The van der Waals surface area contributed by atoms with Gasteiger partial charge in [-0.25, -0.2) is 18.5 Å². The van der Waals surface area contributed by atoms with Crippen LogP contribution in [-0.4, -0.2) is 20.4 Å². The zero-order chi connectivity index (χ0) is 16.3. The molecule has 0 atom stereocenters. The largest absolute Gasteiger partial charge is 0.368 e. The highest BCUT2D eigenvalue weighted by atomic mass is 32.2. The van der Waals surface area contributed by atoms with Crippen LogP contribution in [0.3, 0.4) is 0 Å². The lowest BCUT2D eigenvalue weighted by molar-refractivity contribution is 0.598. The molecule has 0 spiro atoms. The smallest absolute Gasteiger partial charge is 0.238 e. The Kier molecular flexibility index (Phi) is 4.81. The minimum atomic E-state index is -3.81. The van der Waals surface area contributed by atoms with Crippen LogP contribution in [-0.2, 0) is 23.0 Å². The van der Waals surface area contributed by atoms with Crippen LogP contribution in [0.25, 0.3) is 0 Å². The SMILES string of the molecule is CCc1ncc(CN(C)c2ccc(S(N)(=O)=O)cc2C#N)s1. The maximum Gasteiger partial charge on any atom is 0.238 e. The average Bonchev–Trinajstić information content (AvgIpc) is 2.93. The van der Waals surface area contributed by atoms with E-state index in [-0.39, 0.29) is 10.5 Å². The number of primary sulfonamides is 1. The average molecular weight is 336 g/mol. The van der Waals surface area contributed by atoms with Crippen molar-refractivity contribution in [3.8, 4) is 6.07 Å². The zero-order valence-electron chi connectivity index (χ0n) is 12.3. The van der Waals surface area contributed by atoms with Crippen molar-refractivity contribution < 1.29 is 8.42 Å². The summed E-state index contributed by atoms with van der Waals surface area (Å²) >= 11 is 1.63. The van der Waals surface area contributed by atoms with Crippen molar-refractivity contribution in [2.24, 2.45) is 5.14 Å². The first-order valence-corrected chi connectivity index (χ1v) is 8.93. The quantitative estimate of drug-likeness (QED) is 0.898. The van der Waals surface area contributed by atoms with Gasteiger partial charge in [0.15, 0.2) is 0 Å². The van der Waals surface area contributed by atoms with Crippen LogP contribution in [0.15, 0.2) is 29.3 Å². The molecule has 0 aliphatic heterocycles. The summed E-state index contributed by atoms with van der Waals surface area (Å²) in [6.07, 6.45) is 2.71. The number of aromatic nitrogens is 1. The number of hydrogen-bond donors (Lipinski definition) is 1. The van der Waals surface area contributed by atoms with E-state index in [9.17, 15) is 13.7 Å². The molecule has 22 heavy (non-hydrogen) atoms. The molecule has 0 saturated carbocycles. The van der Waals surface area contributed by atoms with Crippen LogP contribution in [0.2, 0.25) is 0 Å². The van der Waals surface area contributed by atoms with Gasteiger partial charge in [-0.15, -0.1) is 11.3 Å². The van der Waals surface area contributed by atoms with Crippen LogP contribution in [0.4, 0.5) is 5.69 Å². The number of nitriles is 1. The van der Waals surface area contributed by atoms with E-state index in [1.807, 2.05) is 31.1 Å². The molecule has 0 saturated heterocycles. The molecule has 2 N–H and O–H groups in total. The summed E-state index contributed by atoms with van der Waals surface area (Å²) < 4.78 is 22.7. The first-order valence-electron chi connectivity index (χ1n) is 6.56. The number of rotatable bonds is 5. The Morgan fingerprint density at radius 1 is 1.45 bits per heavy atom. The van der Waals surface area contributed by atoms with E-state index in [0.29, 0.717) is 12.2 Å². The number of benzene rings is 1. The Bertz CT molecular complexity index is 822. The van der Waals surface area contributed by atoms with Gasteiger partial charge in [0, 0.05) is 18.1 Å². The van der Waals surface area contributed by atoms with Crippen molar-refractivity contribution in [3.05, 3.63) is 39.8 Å². The molecule has 2 rings (SSSR count). The van der Waals surface area contributed by atoms with Crippen LogP contribution in [0, 0.1) is 11.3 Å². The molecular formula is C14H16N4O2S2. The molecule has 0 aliphatic rings. The van der Waals surface area contributed by atoms with Gasteiger partial charge in [-0.2, -0.15) is 5.26 Å². The highest BCUT2D eigenvalue weighted by Gasteiger charge is 2.14. The fourth-order valence-electron chi connectivity index (χ4n) is 2.02. The fraction of sp³-hybridized carbons (Fsp3) is 0.286. The normalized spacial score (nSPS) is 11.2. The van der Waals surface area contributed by atoms with E-state index in [1.54, 1.807) is 17.4 Å². The van der Waals surface area contributed by atoms with Gasteiger partial charge in [-0.1, -0.05) is 6.92 Å². The van der Waals surface area contributed by atoms with Gasteiger partial charge in [0.2, 0.25) is 10.0 Å². The summed E-state index contributed by atoms with van der Waals surface area (Å²) in [7, 11) is -1.97. The topological polar surface area (TPSA) is 100 Å². The maximum absolute atomic E-state index is 11.4. The molecule has 0 radical (unpaired) electrons. The van der Waals surface area contributed by atoms with Gasteiger partial charge in [0.05, 0.1) is 27.7 Å². The fourth-order valence-corrected chi connectivity index (χ4v) is 3.47. The second-order valence-electron chi connectivity index (χ2n) is 4.77. The van der Waals surface area contributed by atoms with Crippen molar-refractivity contribution in [1.82, 2.24) is 4.98 Å². The summed E-state index contributed by atoms with van der Waals surface area (Å²) in [4.78, 5) is 7.21. The summed E-state index contributed by atoms with van der Waals surface area (Å²) in [5.74, 6) is 0. The van der Waals surface area contributed by atoms with Gasteiger partial charge in [-0.3, -0.25) is 0 Å². The Morgan fingerprint density at radius 3 is 2.73 bits per heavy atom. The molecule has 0 bridgehead atoms. The summed E-state index contributed by atoms with van der Waals surface area (Å²) in [6.45, 7) is 2.65. The van der Waals surface area contributed by atoms with Crippen molar-refractivity contribution >= 4 is 27.0 Å².